The number of likely N-dealkylation sites (tertiary alicyclic amines) is 1. The van der Waals surface area contributed by atoms with Crippen molar-refractivity contribution in [1.29, 1.82) is 0 Å². The van der Waals surface area contributed by atoms with Crippen LogP contribution in [0, 0.1) is 6.92 Å². The third-order valence-electron chi connectivity index (χ3n) is 4.98. The summed E-state index contributed by atoms with van der Waals surface area (Å²) in [6.07, 6.45) is -3.69. The molecule has 1 fully saturated rings. The van der Waals surface area contributed by atoms with Crippen molar-refractivity contribution in [3.63, 3.8) is 0 Å². The number of rotatable bonds is 3. The van der Waals surface area contributed by atoms with E-state index in [2.05, 4.69) is 5.32 Å². The molecule has 6 nitrogen and oxygen atoms in total. The number of aromatic nitrogens is 1. The highest BCUT2D eigenvalue weighted by Crippen LogP contribution is 2.34. The third-order valence-corrected chi connectivity index (χ3v) is 4.98. The van der Waals surface area contributed by atoms with Crippen LogP contribution in [0.3, 0.4) is 0 Å². The number of carbonyl (C=O) groups is 1. The Balaban J connectivity index is 1.59. The quantitative estimate of drug-likeness (QED) is 0.839. The normalized spacial score (nSPS) is 15.3. The second-order valence-electron chi connectivity index (χ2n) is 7.01. The fraction of sp³-hybridized carbons (Fsp3) is 0.400. The first kappa shape index (κ1) is 20.8. The summed E-state index contributed by atoms with van der Waals surface area (Å²) >= 11 is 0. The Labute approximate surface area is 165 Å². The predicted octanol–water partition coefficient (Wildman–Crippen LogP) is 3.79. The van der Waals surface area contributed by atoms with Gasteiger partial charge in [-0.1, -0.05) is 12.1 Å². The van der Waals surface area contributed by atoms with E-state index >= 15 is 0 Å². The summed E-state index contributed by atoms with van der Waals surface area (Å²) in [6, 6.07) is 7.49. The number of ether oxygens (including phenoxy) is 1. The minimum Gasteiger partial charge on any atom is -0.490 e. The topological polar surface area (TPSA) is 63.6 Å². The molecule has 0 radical (unpaired) electrons. The van der Waals surface area contributed by atoms with Gasteiger partial charge in [-0.05, 0) is 25.1 Å². The van der Waals surface area contributed by atoms with E-state index in [0.29, 0.717) is 31.7 Å². The largest absolute Gasteiger partial charge is 0.490 e. The maximum atomic E-state index is 13.1. The Morgan fingerprint density at radius 1 is 1.17 bits per heavy atom. The number of pyridine rings is 1. The van der Waals surface area contributed by atoms with Crippen molar-refractivity contribution in [2.75, 3.05) is 18.4 Å². The number of halogens is 3. The second-order valence-corrected chi connectivity index (χ2v) is 7.01. The van der Waals surface area contributed by atoms with E-state index in [9.17, 15) is 22.8 Å². The smallest absolute Gasteiger partial charge is 0.418 e. The molecule has 0 spiro atoms. The second kappa shape index (κ2) is 8.18. The van der Waals surface area contributed by atoms with E-state index in [4.69, 9.17) is 4.74 Å². The van der Waals surface area contributed by atoms with Crippen LogP contribution in [0.4, 0.5) is 23.7 Å². The van der Waals surface area contributed by atoms with Crippen molar-refractivity contribution in [3.8, 4) is 5.75 Å². The molecule has 1 saturated heterocycles. The van der Waals surface area contributed by atoms with Crippen molar-refractivity contribution in [3.05, 3.63) is 58.0 Å². The molecule has 0 bridgehead atoms. The summed E-state index contributed by atoms with van der Waals surface area (Å²) in [4.78, 5) is 25.7. The number of hydrogen-bond donors (Lipinski definition) is 1. The van der Waals surface area contributed by atoms with E-state index in [1.165, 1.54) is 33.7 Å². The first-order valence-electron chi connectivity index (χ1n) is 9.21. The van der Waals surface area contributed by atoms with Crippen LogP contribution in [0.1, 0.15) is 24.1 Å². The summed E-state index contributed by atoms with van der Waals surface area (Å²) in [5, 5.41) is 2.35. The summed E-state index contributed by atoms with van der Waals surface area (Å²) in [5.74, 6) is 0.479. The van der Waals surface area contributed by atoms with Crippen molar-refractivity contribution < 1.29 is 22.7 Å². The molecule has 2 amide bonds. The minimum atomic E-state index is -4.55. The number of carbonyl (C=O) groups excluding carboxylic acids is 1. The van der Waals surface area contributed by atoms with Crippen LogP contribution in [-0.2, 0) is 13.2 Å². The molecule has 0 aliphatic carbocycles. The van der Waals surface area contributed by atoms with E-state index in [-0.39, 0.29) is 17.4 Å². The first-order valence-corrected chi connectivity index (χ1v) is 9.21. The zero-order valence-electron chi connectivity index (χ0n) is 16.1. The summed E-state index contributed by atoms with van der Waals surface area (Å²) < 4.78 is 46.6. The minimum absolute atomic E-state index is 0.167. The van der Waals surface area contributed by atoms with E-state index < -0.39 is 17.8 Å². The molecule has 0 atom stereocenters. The van der Waals surface area contributed by atoms with Crippen LogP contribution in [0.5, 0.6) is 5.75 Å². The number of urea groups is 1. The number of nitrogens with one attached hydrogen (secondary N) is 1. The molecule has 1 aromatic heterocycles. The zero-order chi connectivity index (χ0) is 21.2. The lowest BCUT2D eigenvalue weighted by atomic mass is 10.1. The molecule has 0 unspecified atom stereocenters. The number of anilines is 1. The van der Waals surface area contributed by atoms with Gasteiger partial charge in [0.25, 0.3) is 5.56 Å². The van der Waals surface area contributed by atoms with Crippen molar-refractivity contribution in [2.24, 2.45) is 7.05 Å². The van der Waals surface area contributed by atoms with Gasteiger partial charge >= 0.3 is 12.2 Å². The lowest BCUT2D eigenvalue weighted by Gasteiger charge is -2.32. The Morgan fingerprint density at radius 3 is 2.45 bits per heavy atom. The standard InChI is InChI=1S/C20H22F3N3O3/c1-13-11-15(12-18(27)25(13)2)29-14-7-9-26(10-8-14)19(28)24-17-6-4-3-5-16(17)20(21,22)23/h3-6,11-12,14H,7-10H2,1-2H3,(H,24,28). The molecule has 29 heavy (non-hydrogen) atoms. The van der Waals surface area contributed by atoms with Gasteiger partial charge in [0.2, 0.25) is 0 Å². The third kappa shape index (κ3) is 4.90. The van der Waals surface area contributed by atoms with Gasteiger partial charge < -0.3 is 19.5 Å². The molecular formula is C20H22F3N3O3. The van der Waals surface area contributed by atoms with E-state index in [1.807, 2.05) is 0 Å². The van der Waals surface area contributed by atoms with Crippen molar-refractivity contribution >= 4 is 11.7 Å². The molecule has 9 heteroatoms. The van der Waals surface area contributed by atoms with Gasteiger partial charge in [-0.2, -0.15) is 13.2 Å². The van der Waals surface area contributed by atoms with Gasteiger partial charge in [-0.15, -0.1) is 0 Å². The van der Waals surface area contributed by atoms with Gasteiger partial charge in [-0.25, -0.2) is 4.79 Å². The molecular weight excluding hydrogens is 387 g/mol. The summed E-state index contributed by atoms with van der Waals surface area (Å²) in [6.45, 7) is 2.49. The average molecular weight is 409 g/mol. The Kier molecular flexibility index (Phi) is 5.86. The Morgan fingerprint density at radius 2 is 1.83 bits per heavy atom. The highest BCUT2D eigenvalue weighted by molar-refractivity contribution is 5.90. The van der Waals surface area contributed by atoms with Crippen molar-refractivity contribution in [2.45, 2.75) is 32.0 Å². The zero-order valence-corrected chi connectivity index (χ0v) is 16.1. The Hall–Kier alpha value is -2.97. The fourth-order valence-corrected chi connectivity index (χ4v) is 3.21. The lowest BCUT2D eigenvalue weighted by molar-refractivity contribution is -0.136. The van der Waals surface area contributed by atoms with Crippen LogP contribution in [0.15, 0.2) is 41.2 Å². The van der Waals surface area contributed by atoms with Gasteiger partial charge in [0.05, 0.1) is 11.3 Å². The molecule has 2 heterocycles. The monoisotopic (exact) mass is 409 g/mol. The van der Waals surface area contributed by atoms with Crippen molar-refractivity contribution in [1.82, 2.24) is 9.47 Å². The SMILES string of the molecule is Cc1cc(OC2CCN(C(=O)Nc3ccccc3C(F)(F)F)CC2)cc(=O)n1C. The van der Waals surface area contributed by atoms with E-state index in [0.717, 1.165) is 11.8 Å². The molecule has 2 aromatic rings. The van der Waals surface area contributed by atoms with Gasteiger partial charge in [0.1, 0.15) is 11.9 Å². The predicted molar refractivity (Wildman–Crippen MR) is 102 cm³/mol. The number of alkyl halides is 3. The number of aryl methyl sites for hydroxylation is 1. The van der Waals surface area contributed by atoms with Crippen LogP contribution in [0.2, 0.25) is 0 Å². The molecule has 156 valence electrons. The highest BCUT2D eigenvalue weighted by Gasteiger charge is 2.34. The van der Waals surface area contributed by atoms with Gasteiger partial charge in [0, 0.05) is 44.7 Å². The molecule has 1 aliphatic heterocycles. The maximum Gasteiger partial charge on any atom is 0.418 e. The summed E-state index contributed by atoms with van der Waals surface area (Å²) in [7, 11) is 1.68. The molecule has 1 N–H and O–H groups in total. The first-order chi connectivity index (χ1) is 13.6. The van der Waals surface area contributed by atoms with Crippen LogP contribution in [0.25, 0.3) is 0 Å². The number of para-hydroxylation sites is 1. The number of benzene rings is 1. The fourth-order valence-electron chi connectivity index (χ4n) is 3.21. The molecule has 1 aliphatic rings. The van der Waals surface area contributed by atoms with Crippen LogP contribution >= 0.6 is 0 Å². The Bertz CT molecular complexity index is 948. The highest BCUT2D eigenvalue weighted by atomic mass is 19.4. The number of nitrogens with zero attached hydrogens (tertiary/aromatic N) is 2. The summed E-state index contributed by atoms with van der Waals surface area (Å²) in [5.41, 5.74) is -0.542. The van der Waals surface area contributed by atoms with Crippen LogP contribution < -0.4 is 15.6 Å². The number of hydrogen-bond acceptors (Lipinski definition) is 3. The number of amides is 2. The van der Waals surface area contributed by atoms with Gasteiger partial charge in [-0.3, -0.25) is 4.79 Å². The number of piperidine rings is 1. The van der Waals surface area contributed by atoms with Crippen LogP contribution in [-0.4, -0.2) is 34.7 Å². The lowest BCUT2D eigenvalue weighted by Crippen LogP contribution is -2.44. The van der Waals surface area contributed by atoms with E-state index in [1.54, 1.807) is 20.0 Å². The average Bonchev–Trinajstić information content (AvgIpc) is 2.66. The molecule has 3 rings (SSSR count). The molecule has 1 aromatic carbocycles. The maximum absolute atomic E-state index is 13.1. The molecule has 0 saturated carbocycles. The van der Waals surface area contributed by atoms with Gasteiger partial charge in [0.15, 0.2) is 0 Å².